The van der Waals surface area contributed by atoms with Crippen LogP contribution in [0.25, 0.3) is 10.9 Å². The Balaban J connectivity index is 1.90. The van der Waals surface area contributed by atoms with Gasteiger partial charge in [-0.15, -0.1) is 0 Å². The summed E-state index contributed by atoms with van der Waals surface area (Å²) in [5.74, 6) is -0.417. The van der Waals surface area contributed by atoms with Crippen molar-refractivity contribution in [1.82, 2.24) is 9.55 Å². The molecule has 3 aromatic rings. The molecule has 10 heteroatoms. The van der Waals surface area contributed by atoms with Crippen LogP contribution in [0, 0.1) is 10.1 Å². The summed E-state index contributed by atoms with van der Waals surface area (Å²) >= 11 is 7.19. The molecule has 0 fully saturated rings. The Morgan fingerprint density at radius 2 is 1.93 bits per heavy atom. The number of anilines is 1. The largest absolute Gasteiger partial charge is 0.324 e. The van der Waals surface area contributed by atoms with Gasteiger partial charge in [-0.3, -0.25) is 24.3 Å². The Hall–Kier alpha value is -2.91. The molecule has 30 heavy (non-hydrogen) atoms. The zero-order valence-electron chi connectivity index (χ0n) is 16.5. The Labute approximate surface area is 181 Å². The number of hydrogen-bond donors (Lipinski definition) is 1. The molecule has 0 aliphatic heterocycles. The number of hydrogen-bond acceptors (Lipinski definition) is 6. The number of nitro benzene ring substituents is 1. The van der Waals surface area contributed by atoms with Crippen LogP contribution in [0.5, 0.6) is 0 Å². The van der Waals surface area contributed by atoms with Crippen molar-refractivity contribution in [3.63, 3.8) is 0 Å². The van der Waals surface area contributed by atoms with Crippen LogP contribution in [0.15, 0.2) is 52.4 Å². The molecule has 0 saturated heterocycles. The monoisotopic (exact) mass is 446 g/mol. The first kappa shape index (κ1) is 21.8. The predicted octanol–water partition coefficient (Wildman–Crippen LogP) is 4.66. The first-order chi connectivity index (χ1) is 14.2. The number of amides is 1. The molecule has 1 unspecified atom stereocenters. The summed E-state index contributed by atoms with van der Waals surface area (Å²) < 4.78 is 1.55. The van der Waals surface area contributed by atoms with Crippen LogP contribution in [0.3, 0.4) is 0 Å². The summed E-state index contributed by atoms with van der Waals surface area (Å²) in [6.45, 7) is 5.41. The standard InChI is InChI=1S/C20H19ClN4O4S/c1-11(2)24-19(27)14-6-4-5-7-16(14)23-20(24)30-12(3)18(26)22-17-10-13(25(28)29)8-9-15(17)21/h4-12H,1-3H3,(H,22,26). The van der Waals surface area contributed by atoms with E-state index in [4.69, 9.17) is 11.6 Å². The SMILES string of the molecule is CC(Sc1nc2ccccc2c(=O)n1C(C)C)C(=O)Nc1cc([N+](=O)[O-])ccc1Cl. The van der Waals surface area contributed by atoms with Crippen molar-refractivity contribution in [1.29, 1.82) is 0 Å². The second kappa shape index (κ2) is 8.85. The van der Waals surface area contributed by atoms with Crippen molar-refractivity contribution in [2.24, 2.45) is 0 Å². The minimum absolute atomic E-state index is 0.149. The number of nitrogens with zero attached hydrogens (tertiary/aromatic N) is 3. The Kier molecular flexibility index (Phi) is 6.42. The fraction of sp³-hybridized carbons (Fsp3) is 0.250. The van der Waals surface area contributed by atoms with Gasteiger partial charge in [-0.25, -0.2) is 4.98 Å². The summed E-state index contributed by atoms with van der Waals surface area (Å²) in [6, 6.07) is 10.7. The number of non-ortho nitro benzene ring substituents is 1. The Morgan fingerprint density at radius 1 is 1.23 bits per heavy atom. The number of thioether (sulfide) groups is 1. The highest BCUT2D eigenvalue weighted by Gasteiger charge is 2.22. The summed E-state index contributed by atoms with van der Waals surface area (Å²) in [7, 11) is 0. The lowest BCUT2D eigenvalue weighted by Gasteiger charge is -2.18. The highest BCUT2D eigenvalue weighted by Crippen LogP contribution is 2.29. The van der Waals surface area contributed by atoms with Gasteiger partial charge in [0, 0.05) is 18.2 Å². The molecule has 0 aliphatic rings. The minimum atomic E-state index is -0.640. The van der Waals surface area contributed by atoms with Gasteiger partial charge in [0.1, 0.15) is 0 Å². The number of aromatic nitrogens is 2. The van der Waals surface area contributed by atoms with E-state index < -0.39 is 16.1 Å². The number of nitro groups is 1. The van der Waals surface area contributed by atoms with Crippen molar-refractivity contribution in [2.75, 3.05) is 5.32 Å². The molecular formula is C20H19ClN4O4S. The maximum atomic E-state index is 12.9. The molecule has 0 radical (unpaired) electrons. The predicted molar refractivity (Wildman–Crippen MR) is 118 cm³/mol. The third kappa shape index (κ3) is 4.47. The van der Waals surface area contributed by atoms with Gasteiger partial charge in [0.25, 0.3) is 11.2 Å². The first-order valence-corrected chi connectivity index (χ1v) is 10.4. The molecule has 8 nitrogen and oxygen atoms in total. The topological polar surface area (TPSA) is 107 Å². The molecular weight excluding hydrogens is 428 g/mol. The van der Waals surface area contributed by atoms with Gasteiger partial charge in [-0.2, -0.15) is 0 Å². The number of halogens is 1. The van der Waals surface area contributed by atoms with Crippen LogP contribution in [-0.2, 0) is 4.79 Å². The molecule has 1 N–H and O–H groups in total. The fourth-order valence-corrected chi connectivity index (χ4v) is 4.04. The van der Waals surface area contributed by atoms with Gasteiger partial charge >= 0.3 is 0 Å². The van der Waals surface area contributed by atoms with Gasteiger partial charge < -0.3 is 5.32 Å². The van der Waals surface area contributed by atoms with Crippen molar-refractivity contribution in [3.05, 3.63) is 68.0 Å². The lowest BCUT2D eigenvalue weighted by Crippen LogP contribution is -2.28. The van der Waals surface area contributed by atoms with Gasteiger partial charge in [-0.1, -0.05) is 35.5 Å². The van der Waals surface area contributed by atoms with Crippen molar-refractivity contribution < 1.29 is 9.72 Å². The van der Waals surface area contributed by atoms with Gasteiger partial charge in [0.2, 0.25) is 5.91 Å². The number of nitrogens with one attached hydrogen (secondary N) is 1. The van der Waals surface area contributed by atoms with E-state index in [1.54, 1.807) is 35.8 Å². The second-order valence-corrected chi connectivity index (χ2v) is 8.57. The number of rotatable bonds is 6. The zero-order valence-corrected chi connectivity index (χ0v) is 18.0. The average Bonchev–Trinajstić information content (AvgIpc) is 2.69. The normalized spacial score (nSPS) is 12.2. The van der Waals surface area contributed by atoms with E-state index in [0.717, 1.165) is 11.8 Å². The molecule has 0 aliphatic carbocycles. The molecule has 0 saturated carbocycles. The first-order valence-electron chi connectivity index (χ1n) is 9.11. The molecule has 1 aromatic heterocycles. The Morgan fingerprint density at radius 3 is 2.60 bits per heavy atom. The summed E-state index contributed by atoms with van der Waals surface area (Å²) in [4.78, 5) is 40.6. The third-order valence-electron chi connectivity index (χ3n) is 4.36. The summed E-state index contributed by atoms with van der Waals surface area (Å²) in [5, 5.41) is 14.1. The van der Waals surface area contributed by atoms with Crippen LogP contribution in [0.4, 0.5) is 11.4 Å². The number of fused-ring (bicyclic) bond motifs is 1. The number of carbonyl (C=O) groups is 1. The number of benzene rings is 2. The van der Waals surface area contributed by atoms with Crippen LogP contribution < -0.4 is 10.9 Å². The van der Waals surface area contributed by atoms with Crippen molar-refractivity contribution in [3.8, 4) is 0 Å². The molecule has 3 rings (SSSR count). The lowest BCUT2D eigenvalue weighted by atomic mass is 10.2. The zero-order chi connectivity index (χ0) is 22.0. The van der Waals surface area contributed by atoms with Crippen molar-refractivity contribution >= 4 is 51.5 Å². The van der Waals surface area contributed by atoms with Gasteiger partial charge in [-0.05, 0) is 39.0 Å². The van der Waals surface area contributed by atoms with Gasteiger partial charge in [0.15, 0.2) is 5.16 Å². The van der Waals surface area contributed by atoms with Gasteiger partial charge in [0.05, 0.1) is 31.8 Å². The molecule has 1 heterocycles. The van der Waals surface area contributed by atoms with E-state index in [9.17, 15) is 19.7 Å². The summed E-state index contributed by atoms with van der Waals surface area (Å²) in [6.07, 6.45) is 0. The highest BCUT2D eigenvalue weighted by atomic mass is 35.5. The molecule has 0 bridgehead atoms. The van der Waals surface area contributed by atoms with E-state index in [-0.39, 0.29) is 28.0 Å². The van der Waals surface area contributed by atoms with Crippen LogP contribution >= 0.6 is 23.4 Å². The average molecular weight is 447 g/mol. The molecule has 1 amide bonds. The molecule has 1 atom stereocenters. The van der Waals surface area contributed by atoms with E-state index in [1.165, 1.54) is 18.2 Å². The van der Waals surface area contributed by atoms with E-state index >= 15 is 0 Å². The maximum absolute atomic E-state index is 12.9. The smallest absolute Gasteiger partial charge is 0.271 e. The Bertz CT molecular complexity index is 1200. The third-order valence-corrected chi connectivity index (χ3v) is 5.76. The quantitative estimate of drug-likeness (QED) is 0.255. The fourth-order valence-electron chi connectivity index (χ4n) is 2.83. The second-order valence-electron chi connectivity index (χ2n) is 6.85. The van der Waals surface area contributed by atoms with E-state index in [1.807, 2.05) is 13.8 Å². The maximum Gasteiger partial charge on any atom is 0.271 e. The number of carbonyl (C=O) groups excluding carboxylic acids is 1. The summed E-state index contributed by atoms with van der Waals surface area (Å²) in [5.41, 5.74) is 0.347. The molecule has 0 spiro atoms. The molecule has 2 aromatic carbocycles. The molecule has 156 valence electrons. The minimum Gasteiger partial charge on any atom is -0.324 e. The number of para-hydroxylation sites is 1. The van der Waals surface area contributed by atoms with Crippen LogP contribution in [0.2, 0.25) is 5.02 Å². The van der Waals surface area contributed by atoms with E-state index in [2.05, 4.69) is 10.3 Å². The lowest BCUT2D eigenvalue weighted by molar-refractivity contribution is -0.384. The van der Waals surface area contributed by atoms with Crippen LogP contribution in [-0.4, -0.2) is 25.6 Å². The van der Waals surface area contributed by atoms with Crippen LogP contribution in [0.1, 0.15) is 26.8 Å². The van der Waals surface area contributed by atoms with Crippen molar-refractivity contribution in [2.45, 2.75) is 37.2 Å². The highest BCUT2D eigenvalue weighted by molar-refractivity contribution is 8.00. The van der Waals surface area contributed by atoms with E-state index in [0.29, 0.717) is 16.1 Å².